The Morgan fingerprint density at radius 3 is 2.81 bits per heavy atom. The Hall–Kier alpha value is -2.63. The van der Waals surface area contributed by atoms with Crippen LogP contribution < -0.4 is 5.32 Å². The summed E-state index contributed by atoms with van der Waals surface area (Å²) in [5.74, 6) is -1.06. The van der Waals surface area contributed by atoms with Gasteiger partial charge in [0.15, 0.2) is 5.76 Å². The Kier molecular flexibility index (Phi) is 5.09. The zero-order valence-electron chi connectivity index (χ0n) is 11.2. The van der Waals surface area contributed by atoms with Gasteiger partial charge >= 0.3 is 5.97 Å². The second-order valence-corrected chi connectivity index (χ2v) is 4.27. The highest BCUT2D eigenvalue weighted by atomic mass is 19.1. The summed E-state index contributed by atoms with van der Waals surface area (Å²) in [6.07, 6.45) is 1.42. The van der Waals surface area contributed by atoms with E-state index in [9.17, 15) is 14.0 Å². The molecule has 1 aromatic carbocycles. The van der Waals surface area contributed by atoms with Gasteiger partial charge in [-0.2, -0.15) is 0 Å². The number of halogens is 1. The molecule has 0 radical (unpaired) electrons. The quantitative estimate of drug-likeness (QED) is 0.829. The van der Waals surface area contributed by atoms with Crippen LogP contribution in [-0.2, 0) is 16.1 Å². The van der Waals surface area contributed by atoms with Crippen LogP contribution in [0.4, 0.5) is 4.39 Å². The number of carbonyl (C=O) groups excluding carboxylic acids is 2. The van der Waals surface area contributed by atoms with Crippen molar-refractivity contribution >= 4 is 11.9 Å². The maximum atomic E-state index is 12.9. The standard InChI is InChI=1S/C15H14FNO4/c16-12-4-1-3-11(9-12)10-21-14(18)6-7-17-15(19)13-5-2-8-20-13/h1-5,8-9H,6-7,10H2,(H,17,19). The Morgan fingerprint density at radius 2 is 2.10 bits per heavy atom. The lowest BCUT2D eigenvalue weighted by Crippen LogP contribution is -2.26. The van der Waals surface area contributed by atoms with E-state index >= 15 is 0 Å². The topological polar surface area (TPSA) is 68.5 Å². The van der Waals surface area contributed by atoms with E-state index < -0.39 is 11.9 Å². The summed E-state index contributed by atoms with van der Waals surface area (Å²) in [4.78, 5) is 23.0. The number of esters is 1. The molecule has 0 saturated heterocycles. The Labute approximate surface area is 120 Å². The SMILES string of the molecule is O=C(CCNC(=O)c1ccco1)OCc1cccc(F)c1. The molecule has 110 valence electrons. The Bertz CT molecular complexity index is 610. The first kappa shape index (κ1) is 14.8. The molecule has 1 heterocycles. The zero-order valence-corrected chi connectivity index (χ0v) is 11.2. The maximum absolute atomic E-state index is 12.9. The summed E-state index contributed by atoms with van der Waals surface area (Å²) in [5, 5.41) is 2.53. The lowest BCUT2D eigenvalue weighted by molar-refractivity contribution is -0.144. The number of amides is 1. The third-order valence-corrected chi connectivity index (χ3v) is 2.65. The van der Waals surface area contributed by atoms with Gasteiger partial charge in [0.05, 0.1) is 12.7 Å². The van der Waals surface area contributed by atoms with Crippen LogP contribution in [0, 0.1) is 5.82 Å². The highest BCUT2D eigenvalue weighted by molar-refractivity contribution is 5.91. The summed E-state index contributed by atoms with van der Waals surface area (Å²) in [6, 6.07) is 8.94. The van der Waals surface area contributed by atoms with E-state index in [0.717, 1.165) is 0 Å². The molecule has 0 aliphatic heterocycles. The number of nitrogens with one attached hydrogen (secondary N) is 1. The van der Waals surface area contributed by atoms with E-state index in [1.54, 1.807) is 18.2 Å². The largest absolute Gasteiger partial charge is 0.461 e. The van der Waals surface area contributed by atoms with Gasteiger partial charge in [-0.1, -0.05) is 12.1 Å². The van der Waals surface area contributed by atoms with Crippen molar-refractivity contribution in [1.29, 1.82) is 0 Å². The summed E-state index contributed by atoms with van der Waals surface area (Å²) in [7, 11) is 0. The molecule has 2 aromatic rings. The van der Waals surface area contributed by atoms with Crippen LogP contribution in [-0.4, -0.2) is 18.4 Å². The predicted octanol–water partition coefficient (Wildman–Crippen LogP) is 2.28. The van der Waals surface area contributed by atoms with Crippen LogP contribution in [0.25, 0.3) is 0 Å². The van der Waals surface area contributed by atoms with Crippen molar-refractivity contribution in [3.63, 3.8) is 0 Å². The molecular weight excluding hydrogens is 277 g/mol. The van der Waals surface area contributed by atoms with Crippen LogP contribution in [0.15, 0.2) is 47.1 Å². The van der Waals surface area contributed by atoms with Crippen LogP contribution >= 0.6 is 0 Å². The summed E-state index contributed by atoms with van der Waals surface area (Å²) >= 11 is 0. The summed E-state index contributed by atoms with van der Waals surface area (Å²) < 4.78 is 22.8. The molecule has 1 amide bonds. The van der Waals surface area contributed by atoms with Gasteiger partial charge in [-0.3, -0.25) is 9.59 Å². The van der Waals surface area contributed by atoms with Crippen LogP contribution in [0.1, 0.15) is 22.5 Å². The minimum absolute atomic E-state index is 0.00270. The summed E-state index contributed by atoms with van der Waals surface area (Å²) in [6.45, 7) is 0.143. The number of ether oxygens (including phenoxy) is 1. The average Bonchev–Trinajstić information content (AvgIpc) is 2.99. The van der Waals surface area contributed by atoms with Gasteiger partial charge in [-0.05, 0) is 29.8 Å². The first-order valence-electron chi connectivity index (χ1n) is 6.37. The van der Waals surface area contributed by atoms with Gasteiger partial charge in [0.2, 0.25) is 0 Å². The van der Waals surface area contributed by atoms with Gasteiger partial charge in [0, 0.05) is 6.54 Å². The van der Waals surface area contributed by atoms with Crippen molar-refractivity contribution in [2.24, 2.45) is 0 Å². The third-order valence-electron chi connectivity index (χ3n) is 2.65. The van der Waals surface area contributed by atoms with E-state index in [2.05, 4.69) is 5.32 Å². The second kappa shape index (κ2) is 7.23. The first-order valence-corrected chi connectivity index (χ1v) is 6.37. The first-order chi connectivity index (χ1) is 10.1. The molecule has 1 aromatic heterocycles. The molecule has 21 heavy (non-hydrogen) atoms. The lowest BCUT2D eigenvalue weighted by Gasteiger charge is -2.06. The minimum atomic E-state index is -0.473. The predicted molar refractivity (Wildman–Crippen MR) is 71.9 cm³/mol. The van der Waals surface area contributed by atoms with Crippen molar-refractivity contribution < 1.29 is 23.1 Å². The molecule has 0 saturated carbocycles. The number of hydrogen-bond acceptors (Lipinski definition) is 4. The second-order valence-electron chi connectivity index (χ2n) is 4.27. The normalized spacial score (nSPS) is 10.1. The van der Waals surface area contributed by atoms with E-state index in [1.807, 2.05) is 0 Å². The van der Waals surface area contributed by atoms with Crippen LogP contribution in [0.2, 0.25) is 0 Å². The number of carbonyl (C=O) groups is 2. The molecule has 0 fully saturated rings. The molecular formula is C15H14FNO4. The Morgan fingerprint density at radius 1 is 1.24 bits per heavy atom. The molecule has 1 N–H and O–H groups in total. The van der Waals surface area contributed by atoms with Crippen LogP contribution in [0.5, 0.6) is 0 Å². The van der Waals surface area contributed by atoms with E-state index in [1.165, 1.54) is 24.5 Å². The van der Waals surface area contributed by atoms with Crippen molar-refractivity contribution in [2.45, 2.75) is 13.0 Å². The van der Waals surface area contributed by atoms with Crippen molar-refractivity contribution in [1.82, 2.24) is 5.32 Å². The Balaban J connectivity index is 1.67. The van der Waals surface area contributed by atoms with Gasteiger partial charge in [0.1, 0.15) is 12.4 Å². The van der Waals surface area contributed by atoms with Crippen LogP contribution in [0.3, 0.4) is 0 Å². The molecule has 2 rings (SSSR count). The molecule has 6 heteroatoms. The van der Waals surface area contributed by atoms with Gasteiger partial charge < -0.3 is 14.5 Å². The zero-order chi connectivity index (χ0) is 15.1. The minimum Gasteiger partial charge on any atom is -0.461 e. The number of furan rings is 1. The fraction of sp³-hybridized carbons (Fsp3) is 0.200. The fourth-order valence-electron chi connectivity index (χ4n) is 1.64. The van der Waals surface area contributed by atoms with Gasteiger partial charge in [0.25, 0.3) is 5.91 Å². The molecule has 0 aliphatic carbocycles. The highest BCUT2D eigenvalue weighted by Gasteiger charge is 2.09. The number of rotatable bonds is 6. The molecule has 0 aliphatic rings. The molecule has 0 unspecified atom stereocenters. The van der Waals surface area contributed by atoms with E-state index in [0.29, 0.717) is 5.56 Å². The smallest absolute Gasteiger partial charge is 0.307 e. The highest BCUT2D eigenvalue weighted by Crippen LogP contribution is 2.05. The van der Waals surface area contributed by atoms with Crippen molar-refractivity contribution in [3.8, 4) is 0 Å². The monoisotopic (exact) mass is 291 g/mol. The molecule has 0 atom stereocenters. The molecule has 5 nitrogen and oxygen atoms in total. The van der Waals surface area contributed by atoms with E-state index in [4.69, 9.17) is 9.15 Å². The lowest BCUT2D eigenvalue weighted by atomic mass is 10.2. The van der Waals surface area contributed by atoms with Crippen molar-refractivity contribution in [3.05, 3.63) is 59.8 Å². The fourth-order valence-corrected chi connectivity index (χ4v) is 1.64. The summed E-state index contributed by atoms with van der Waals surface area (Å²) in [5.41, 5.74) is 0.572. The van der Waals surface area contributed by atoms with Gasteiger partial charge in [-0.25, -0.2) is 4.39 Å². The van der Waals surface area contributed by atoms with Gasteiger partial charge in [-0.15, -0.1) is 0 Å². The maximum Gasteiger partial charge on any atom is 0.307 e. The van der Waals surface area contributed by atoms with Crippen molar-refractivity contribution in [2.75, 3.05) is 6.54 Å². The molecule has 0 spiro atoms. The number of benzene rings is 1. The average molecular weight is 291 g/mol. The third kappa shape index (κ3) is 4.76. The number of hydrogen-bond donors (Lipinski definition) is 1. The molecule has 0 bridgehead atoms. The van der Waals surface area contributed by atoms with E-state index in [-0.39, 0.29) is 31.1 Å².